The Balaban J connectivity index is 0.999. The number of para-hydroxylation sites is 2. The van der Waals surface area contributed by atoms with Gasteiger partial charge in [0.2, 0.25) is 0 Å². The zero-order valence-electron chi connectivity index (χ0n) is 33.7. The summed E-state index contributed by atoms with van der Waals surface area (Å²) < 4.78 is 15.5. The second-order valence-corrected chi connectivity index (χ2v) is 15.9. The van der Waals surface area contributed by atoms with Crippen LogP contribution in [-0.4, -0.2) is 19.5 Å². The highest BCUT2D eigenvalue weighted by atomic mass is 16.3. The summed E-state index contributed by atoms with van der Waals surface area (Å²) in [5.41, 5.74) is 13.6. The maximum Gasteiger partial charge on any atom is 0.164 e. The molecule has 0 aliphatic heterocycles. The van der Waals surface area contributed by atoms with E-state index in [0.29, 0.717) is 17.5 Å². The van der Waals surface area contributed by atoms with Gasteiger partial charge < -0.3 is 13.4 Å². The van der Waals surface area contributed by atoms with Gasteiger partial charge in [-0.1, -0.05) is 140 Å². The third-order valence-corrected chi connectivity index (χ3v) is 12.3. The van der Waals surface area contributed by atoms with Crippen LogP contribution in [0.4, 0.5) is 0 Å². The van der Waals surface area contributed by atoms with Crippen LogP contribution in [0.3, 0.4) is 0 Å². The molecule has 0 aliphatic carbocycles. The topological polar surface area (TPSA) is 69.9 Å². The van der Waals surface area contributed by atoms with Crippen LogP contribution in [-0.2, 0) is 0 Å². The monoisotopic (exact) mass is 806 g/mol. The Morgan fingerprint density at radius 2 is 0.841 bits per heavy atom. The molecule has 0 unspecified atom stereocenters. The van der Waals surface area contributed by atoms with Crippen LogP contribution >= 0.6 is 0 Å². The van der Waals surface area contributed by atoms with Gasteiger partial charge in [-0.25, -0.2) is 15.0 Å². The lowest BCUT2D eigenvalue weighted by molar-refractivity contribution is 0.668. The highest BCUT2D eigenvalue weighted by Crippen LogP contribution is 2.41. The number of aromatic nitrogens is 4. The number of benzene rings is 9. The average molecular weight is 807 g/mol. The summed E-state index contributed by atoms with van der Waals surface area (Å²) in [5.74, 6) is 1.69. The Kier molecular flexibility index (Phi) is 7.80. The second-order valence-electron chi connectivity index (χ2n) is 15.9. The SMILES string of the molecule is c1ccc(-c2cccc(-c3nc(-c4ccc5c(c4)oc4cccc(-n6c7ccccc7c7ccccc76)c45)nc(-c4ccc5oc6cccc(-c7ccccc7)c6c5c4)n3)c2)cc1. The van der Waals surface area contributed by atoms with Crippen molar-refractivity contribution in [1.82, 2.24) is 19.5 Å². The molecule has 0 bridgehead atoms. The highest BCUT2D eigenvalue weighted by molar-refractivity contribution is 6.15. The van der Waals surface area contributed by atoms with E-state index in [1.54, 1.807) is 0 Å². The van der Waals surface area contributed by atoms with Crippen molar-refractivity contribution in [2.24, 2.45) is 0 Å². The van der Waals surface area contributed by atoms with E-state index in [2.05, 4.69) is 168 Å². The van der Waals surface area contributed by atoms with Crippen LogP contribution in [0.15, 0.2) is 215 Å². The fourth-order valence-corrected chi connectivity index (χ4v) is 9.37. The number of hydrogen-bond acceptors (Lipinski definition) is 5. The summed E-state index contributed by atoms with van der Waals surface area (Å²) in [6.45, 7) is 0. The van der Waals surface area contributed by atoms with Crippen molar-refractivity contribution in [1.29, 1.82) is 0 Å². The predicted molar refractivity (Wildman–Crippen MR) is 256 cm³/mol. The predicted octanol–water partition coefficient (Wildman–Crippen LogP) is 15.1. The molecule has 0 saturated carbocycles. The number of fused-ring (bicyclic) bond motifs is 9. The first-order valence-electron chi connectivity index (χ1n) is 21.1. The second kappa shape index (κ2) is 14.0. The standard InChI is InChI=1S/C57H34N4O2/c1-3-14-35(15-4-1)37-18-11-19-38(32-37)55-58-56(39-29-31-49-45(33-39)53-41(22-12-26-50(53)62-49)36-16-5-2-6-17-36)60-57(59-55)40-28-30-44-52(34-40)63-51-27-13-25-48(54(44)51)61-46-23-9-7-20-42(46)43-21-8-10-24-47(43)61/h1-34H. The molecule has 0 radical (unpaired) electrons. The maximum atomic E-state index is 6.70. The maximum absolute atomic E-state index is 6.70. The minimum absolute atomic E-state index is 0.548. The fourth-order valence-electron chi connectivity index (χ4n) is 9.37. The van der Waals surface area contributed by atoms with Gasteiger partial charge in [0.05, 0.1) is 22.1 Å². The smallest absolute Gasteiger partial charge is 0.164 e. The highest BCUT2D eigenvalue weighted by Gasteiger charge is 2.21. The van der Waals surface area contributed by atoms with Crippen molar-refractivity contribution >= 4 is 65.7 Å². The molecule has 4 aromatic heterocycles. The molecule has 0 N–H and O–H groups in total. The van der Waals surface area contributed by atoms with Crippen LogP contribution < -0.4 is 0 Å². The Morgan fingerprint density at radius 3 is 1.57 bits per heavy atom. The van der Waals surface area contributed by atoms with Crippen molar-refractivity contribution in [3.8, 4) is 62.1 Å². The molecule has 0 spiro atoms. The van der Waals surface area contributed by atoms with Crippen LogP contribution in [0.5, 0.6) is 0 Å². The van der Waals surface area contributed by atoms with Crippen LogP contribution in [0.25, 0.3) is 128 Å². The Morgan fingerprint density at radius 1 is 0.302 bits per heavy atom. The largest absolute Gasteiger partial charge is 0.456 e. The van der Waals surface area contributed by atoms with Crippen molar-refractivity contribution in [2.75, 3.05) is 0 Å². The van der Waals surface area contributed by atoms with E-state index in [9.17, 15) is 0 Å². The van der Waals surface area contributed by atoms with Crippen LogP contribution in [0.2, 0.25) is 0 Å². The molecule has 0 fully saturated rings. The lowest BCUT2D eigenvalue weighted by Gasteiger charge is -2.10. The average Bonchev–Trinajstić information content (AvgIpc) is 4.04. The summed E-state index contributed by atoms with van der Waals surface area (Å²) in [6.07, 6.45) is 0. The minimum Gasteiger partial charge on any atom is -0.456 e. The van der Waals surface area contributed by atoms with Gasteiger partial charge in [-0.15, -0.1) is 0 Å². The van der Waals surface area contributed by atoms with Gasteiger partial charge in [0, 0.05) is 43.6 Å². The first-order chi connectivity index (χ1) is 31.2. The van der Waals surface area contributed by atoms with Gasteiger partial charge in [-0.2, -0.15) is 0 Å². The molecule has 0 saturated heterocycles. The Bertz CT molecular complexity index is 3870. The summed E-state index contributed by atoms with van der Waals surface area (Å²) in [5, 5.41) is 6.56. The van der Waals surface area contributed by atoms with Gasteiger partial charge in [0.15, 0.2) is 17.5 Å². The molecule has 294 valence electrons. The molecule has 63 heavy (non-hydrogen) atoms. The van der Waals surface area contributed by atoms with E-state index < -0.39 is 0 Å². The molecular formula is C57H34N4O2. The van der Waals surface area contributed by atoms with E-state index in [0.717, 1.165) is 99.5 Å². The number of hydrogen-bond donors (Lipinski definition) is 0. The molecule has 6 nitrogen and oxygen atoms in total. The van der Waals surface area contributed by atoms with Crippen molar-refractivity contribution < 1.29 is 8.83 Å². The van der Waals surface area contributed by atoms with E-state index in [4.69, 9.17) is 23.8 Å². The molecule has 6 heteroatoms. The normalized spacial score (nSPS) is 11.8. The molecule has 9 aromatic carbocycles. The molecule has 0 atom stereocenters. The van der Waals surface area contributed by atoms with Crippen LogP contribution in [0, 0.1) is 0 Å². The van der Waals surface area contributed by atoms with E-state index in [1.165, 1.54) is 10.8 Å². The Hall–Kier alpha value is -8.61. The lowest BCUT2D eigenvalue weighted by Crippen LogP contribution is -2.00. The van der Waals surface area contributed by atoms with Crippen molar-refractivity contribution in [3.05, 3.63) is 206 Å². The van der Waals surface area contributed by atoms with Crippen molar-refractivity contribution in [2.45, 2.75) is 0 Å². The summed E-state index contributed by atoms with van der Waals surface area (Å²) >= 11 is 0. The minimum atomic E-state index is 0.548. The zero-order chi connectivity index (χ0) is 41.4. The van der Waals surface area contributed by atoms with E-state index in [1.807, 2.05) is 42.5 Å². The third kappa shape index (κ3) is 5.69. The van der Waals surface area contributed by atoms with Crippen LogP contribution in [0.1, 0.15) is 0 Å². The Labute approximate surface area is 361 Å². The van der Waals surface area contributed by atoms with Gasteiger partial charge in [0.1, 0.15) is 22.3 Å². The van der Waals surface area contributed by atoms with E-state index >= 15 is 0 Å². The summed E-state index contributed by atoms with van der Waals surface area (Å²) in [4.78, 5) is 15.6. The summed E-state index contributed by atoms with van der Waals surface area (Å²) in [6, 6.07) is 71.4. The third-order valence-electron chi connectivity index (χ3n) is 12.3. The van der Waals surface area contributed by atoms with Gasteiger partial charge >= 0.3 is 0 Å². The molecule has 13 aromatic rings. The zero-order valence-corrected chi connectivity index (χ0v) is 33.7. The molecule has 13 rings (SSSR count). The van der Waals surface area contributed by atoms with Gasteiger partial charge in [-0.3, -0.25) is 0 Å². The van der Waals surface area contributed by atoms with E-state index in [-0.39, 0.29) is 0 Å². The quantitative estimate of drug-likeness (QED) is 0.167. The van der Waals surface area contributed by atoms with Crippen molar-refractivity contribution in [3.63, 3.8) is 0 Å². The molecular weight excluding hydrogens is 773 g/mol. The molecule has 4 heterocycles. The summed E-state index contributed by atoms with van der Waals surface area (Å²) in [7, 11) is 0. The molecule has 0 amide bonds. The number of furan rings is 2. The van der Waals surface area contributed by atoms with Gasteiger partial charge in [0.25, 0.3) is 0 Å². The fraction of sp³-hybridized carbons (Fsp3) is 0. The first-order valence-corrected chi connectivity index (χ1v) is 21.1. The molecule has 0 aliphatic rings. The first kappa shape index (κ1) is 35.2. The van der Waals surface area contributed by atoms with Gasteiger partial charge in [-0.05, 0) is 89.0 Å². The lowest BCUT2D eigenvalue weighted by atomic mass is 9.99. The number of nitrogens with zero attached hydrogens (tertiary/aromatic N) is 4. The number of rotatable bonds is 6.